The molecule has 0 aliphatic heterocycles. The summed E-state index contributed by atoms with van der Waals surface area (Å²) in [5.74, 6) is -1.27. The van der Waals surface area contributed by atoms with E-state index in [1.54, 1.807) is 11.4 Å². The van der Waals surface area contributed by atoms with E-state index >= 15 is 0 Å². The molecule has 0 radical (unpaired) electrons. The smallest absolute Gasteiger partial charge is 0.145 e. The van der Waals surface area contributed by atoms with Gasteiger partial charge in [0.15, 0.2) is 0 Å². The summed E-state index contributed by atoms with van der Waals surface area (Å²) in [6, 6.07) is 3.52. The van der Waals surface area contributed by atoms with Crippen LogP contribution in [0.2, 0.25) is 0 Å². The summed E-state index contributed by atoms with van der Waals surface area (Å²) < 4.78 is 27.5. The highest BCUT2D eigenvalue weighted by atomic mass is 79.9. The monoisotopic (exact) mass is 303 g/mol. The zero-order valence-electron chi connectivity index (χ0n) is 8.08. The third kappa shape index (κ3) is 2.03. The number of benzene rings is 1. The van der Waals surface area contributed by atoms with E-state index in [1.165, 1.54) is 23.5 Å². The van der Waals surface area contributed by atoms with Crippen molar-refractivity contribution >= 4 is 27.3 Å². The second-order valence-corrected chi connectivity index (χ2v) is 4.93. The average molecular weight is 304 g/mol. The van der Waals surface area contributed by atoms with Crippen molar-refractivity contribution in [2.75, 3.05) is 0 Å². The molecule has 2 N–H and O–H groups in total. The quantitative estimate of drug-likeness (QED) is 0.838. The lowest BCUT2D eigenvalue weighted by molar-refractivity contribution is 0.539. The number of hydrogen-bond donors (Lipinski definition) is 1. The lowest BCUT2D eigenvalue weighted by atomic mass is 10.0. The van der Waals surface area contributed by atoms with Crippen LogP contribution in [0.4, 0.5) is 8.78 Å². The van der Waals surface area contributed by atoms with Crippen LogP contribution < -0.4 is 5.73 Å². The van der Waals surface area contributed by atoms with Crippen molar-refractivity contribution < 1.29 is 8.78 Å². The second kappa shape index (κ2) is 4.61. The number of nitrogens with two attached hydrogens (primary N) is 1. The Hall–Kier alpha value is -0.780. The summed E-state index contributed by atoms with van der Waals surface area (Å²) >= 11 is 4.46. The third-order valence-corrected chi connectivity index (χ3v) is 3.61. The molecule has 84 valence electrons. The van der Waals surface area contributed by atoms with Gasteiger partial charge >= 0.3 is 0 Å². The van der Waals surface area contributed by atoms with E-state index in [0.717, 1.165) is 0 Å². The molecule has 0 bridgehead atoms. The van der Waals surface area contributed by atoms with Crippen molar-refractivity contribution in [2.24, 2.45) is 5.73 Å². The first-order valence-electron chi connectivity index (χ1n) is 4.52. The Labute approximate surface area is 104 Å². The highest BCUT2D eigenvalue weighted by Crippen LogP contribution is 2.29. The molecule has 1 nitrogen and oxygen atoms in total. The molecule has 1 aromatic carbocycles. The van der Waals surface area contributed by atoms with Crippen LogP contribution >= 0.6 is 27.3 Å². The van der Waals surface area contributed by atoms with Crippen LogP contribution in [0.25, 0.3) is 0 Å². The lowest BCUT2D eigenvalue weighted by Crippen LogP contribution is -2.15. The van der Waals surface area contributed by atoms with Crippen LogP contribution in [0.5, 0.6) is 0 Å². The molecule has 1 aromatic heterocycles. The van der Waals surface area contributed by atoms with Crippen LogP contribution in [0.1, 0.15) is 17.2 Å². The van der Waals surface area contributed by atoms with Crippen LogP contribution in [0, 0.1) is 11.6 Å². The highest BCUT2D eigenvalue weighted by molar-refractivity contribution is 9.10. The Kier molecular flexibility index (Phi) is 3.37. The molecule has 0 unspecified atom stereocenters. The van der Waals surface area contributed by atoms with Gasteiger partial charge in [-0.2, -0.15) is 11.3 Å². The van der Waals surface area contributed by atoms with E-state index in [1.807, 2.05) is 5.38 Å². The van der Waals surface area contributed by atoms with Crippen LogP contribution in [-0.2, 0) is 0 Å². The minimum absolute atomic E-state index is 0.104. The predicted molar refractivity (Wildman–Crippen MR) is 64.4 cm³/mol. The fourth-order valence-corrected chi connectivity index (χ4v) is 2.49. The summed E-state index contributed by atoms with van der Waals surface area (Å²) in [4.78, 5) is 0. The van der Waals surface area contributed by atoms with E-state index in [0.29, 0.717) is 5.56 Å². The van der Waals surface area contributed by atoms with E-state index in [4.69, 9.17) is 5.73 Å². The molecule has 2 rings (SSSR count). The molecule has 0 saturated heterocycles. The molecule has 0 fully saturated rings. The van der Waals surface area contributed by atoms with E-state index in [9.17, 15) is 8.78 Å². The molecular weight excluding hydrogens is 296 g/mol. The Balaban J connectivity index is 2.52. The molecule has 0 aliphatic rings. The van der Waals surface area contributed by atoms with Gasteiger partial charge in [-0.05, 0) is 50.5 Å². The van der Waals surface area contributed by atoms with Crippen molar-refractivity contribution in [3.05, 3.63) is 56.2 Å². The largest absolute Gasteiger partial charge is 0.320 e. The summed E-state index contributed by atoms with van der Waals surface area (Å²) in [7, 11) is 0. The normalized spacial score (nSPS) is 12.8. The Morgan fingerprint density at radius 1 is 1.25 bits per heavy atom. The lowest BCUT2D eigenvalue weighted by Gasteiger charge is -2.13. The van der Waals surface area contributed by atoms with Crippen LogP contribution in [0.3, 0.4) is 0 Å². The third-order valence-electron chi connectivity index (χ3n) is 2.29. The van der Waals surface area contributed by atoms with Crippen LogP contribution in [0.15, 0.2) is 33.4 Å². The minimum atomic E-state index is -0.774. The Morgan fingerprint density at radius 3 is 2.62 bits per heavy atom. The number of thiophene rings is 1. The molecule has 5 heteroatoms. The first-order valence-corrected chi connectivity index (χ1v) is 6.26. The fourth-order valence-electron chi connectivity index (χ4n) is 1.45. The maximum Gasteiger partial charge on any atom is 0.145 e. The zero-order valence-corrected chi connectivity index (χ0v) is 10.5. The Morgan fingerprint density at radius 2 is 2.00 bits per heavy atom. The molecule has 1 atom stereocenters. The van der Waals surface area contributed by atoms with Crippen molar-refractivity contribution in [2.45, 2.75) is 6.04 Å². The fraction of sp³-hybridized carbons (Fsp3) is 0.0909. The Bertz CT molecular complexity index is 499. The van der Waals surface area contributed by atoms with Gasteiger partial charge in [0.1, 0.15) is 11.6 Å². The number of hydrogen-bond acceptors (Lipinski definition) is 2. The summed E-state index contributed by atoms with van der Waals surface area (Å²) in [6.07, 6.45) is 0. The number of halogens is 3. The van der Waals surface area contributed by atoms with E-state index in [2.05, 4.69) is 15.9 Å². The molecule has 0 spiro atoms. The van der Waals surface area contributed by atoms with Gasteiger partial charge in [-0.3, -0.25) is 0 Å². The number of rotatable bonds is 2. The van der Waals surface area contributed by atoms with Gasteiger partial charge in [-0.25, -0.2) is 8.78 Å². The van der Waals surface area contributed by atoms with Crippen molar-refractivity contribution in [3.8, 4) is 0 Å². The SMILES string of the molecule is N[C@@H](c1ccsc1)c1c(F)ccc(Br)c1F. The van der Waals surface area contributed by atoms with Gasteiger partial charge in [-0.1, -0.05) is 0 Å². The minimum Gasteiger partial charge on any atom is -0.320 e. The summed E-state index contributed by atoms with van der Waals surface area (Å²) in [5.41, 5.74) is 6.44. The maximum absolute atomic E-state index is 13.7. The van der Waals surface area contributed by atoms with Crippen LogP contribution in [-0.4, -0.2) is 0 Å². The standard InChI is InChI=1S/C11H8BrF2NS/c12-7-1-2-8(13)9(10(7)14)11(15)6-3-4-16-5-6/h1-5,11H,15H2/t11-/m0/s1. The molecule has 0 saturated carbocycles. The van der Waals surface area contributed by atoms with Crippen molar-refractivity contribution in [1.29, 1.82) is 0 Å². The molecule has 2 aromatic rings. The average Bonchev–Trinajstić information content (AvgIpc) is 2.77. The van der Waals surface area contributed by atoms with Gasteiger partial charge in [0.25, 0.3) is 0 Å². The van der Waals surface area contributed by atoms with Crippen molar-refractivity contribution in [3.63, 3.8) is 0 Å². The van der Waals surface area contributed by atoms with Crippen molar-refractivity contribution in [1.82, 2.24) is 0 Å². The van der Waals surface area contributed by atoms with E-state index in [-0.39, 0.29) is 10.0 Å². The molecular formula is C11H8BrF2NS. The molecule has 16 heavy (non-hydrogen) atoms. The summed E-state index contributed by atoms with van der Waals surface area (Å²) in [5, 5.41) is 3.60. The van der Waals surface area contributed by atoms with Gasteiger partial charge in [0.05, 0.1) is 10.5 Å². The first kappa shape index (κ1) is 11.7. The molecule has 1 heterocycles. The highest BCUT2D eigenvalue weighted by Gasteiger charge is 2.20. The van der Waals surface area contributed by atoms with E-state index < -0.39 is 17.7 Å². The van der Waals surface area contributed by atoms with Gasteiger partial charge in [0, 0.05) is 5.56 Å². The predicted octanol–water partition coefficient (Wildman–Crippen LogP) is 3.84. The topological polar surface area (TPSA) is 26.0 Å². The molecule has 0 amide bonds. The van der Waals surface area contributed by atoms with Gasteiger partial charge in [0.2, 0.25) is 0 Å². The van der Waals surface area contributed by atoms with Gasteiger partial charge in [-0.15, -0.1) is 0 Å². The molecule has 0 aliphatic carbocycles. The second-order valence-electron chi connectivity index (χ2n) is 3.29. The maximum atomic E-state index is 13.7. The zero-order chi connectivity index (χ0) is 11.7. The summed E-state index contributed by atoms with van der Waals surface area (Å²) in [6.45, 7) is 0. The van der Waals surface area contributed by atoms with Gasteiger partial charge < -0.3 is 5.73 Å². The first-order chi connectivity index (χ1) is 7.61.